The molecule has 0 radical (unpaired) electrons. The Bertz CT molecular complexity index is 179. The SMILES string of the molecule is I.NCc1ncc(Br)s1. The maximum Gasteiger partial charge on any atom is 0.107 e. The van der Waals surface area contributed by atoms with Gasteiger partial charge in [0.05, 0.1) is 9.98 Å². The second-order valence-electron chi connectivity index (χ2n) is 1.26. The Morgan fingerprint density at radius 2 is 2.44 bits per heavy atom. The highest BCUT2D eigenvalue weighted by Gasteiger charge is 1.93. The summed E-state index contributed by atoms with van der Waals surface area (Å²) in [7, 11) is 0. The van der Waals surface area contributed by atoms with E-state index >= 15 is 0 Å². The summed E-state index contributed by atoms with van der Waals surface area (Å²) in [5.74, 6) is 0. The molecule has 0 unspecified atom stereocenters. The number of rotatable bonds is 1. The van der Waals surface area contributed by atoms with Gasteiger partial charge >= 0.3 is 0 Å². The summed E-state index contributed by atoms with van der Waals surface area (Å²) >= 11 is 4.84. The molecule has 0 aliphatic carbocycles. The van der Waals surface area contributed by atoms with E-state index in [-0.39, 0.29) is 24.0 Å². The van der Waals surface area contributed by atoms with E-state index in [9.17, 15) is 0 Å². The fourth-order valence-electron chi connectivity index (χ4n) is 0.382. The van der Waals surface area contributed by atoms with E-state index in [1.165, 1.54) is 0 Å². The molecule has 0 aliphatic heterocycles. The first-order valence-corrected chi connectivity index (χ1v) is 3.74. The van der Waals surface area contributed by atoms with Gasteiger partial charge in [0.2, 0.25) is 0 Å². The van der Waals surface area contributed by atoms with Crippen LogP contribution in [0.15, 0.2) is 9.98 Å². The average Bonchev–Trinajstić information content (AvgIpc) is 2.14. The summed E-state index contributed by atoms with van der Waals surface area (Å²) in [4.78, 5) is 3.98. The lowest BCUT2D eigenvalue weighted by molar-refractivity contribution is 1.04. The van der Waals surface area contributed by atoms with Crippen LogP contribution in [0, 0.1) is 0 Å². The Morgan fingerprint density at radius 3 is 2.67 bits per heavy atom. The van der Waals surface area contributed by atoms with Crippen LogP contribution in [-0.2, 0) is 6.54 Å². The summed E-state index contributed by atoms with van der Waals surface area (Å²) in [6.07, 6.45) is 1.76. The molecule has 1 heterocycles. The number of hydrogen-bond donors (Lipinski definition) is 1. The highest BCUT2D eigenvalue weighted by atomic mass is 127. The molecule has 0 aliphatic rings. The second kappa shape index (κ2) is 4.59. The number of thiazole rings is 1. The van der Waals surface area contributed by atoms with E-state index < -0.39 is 0 Å². The van der Waals surface area contributed by atoms with Crippen LogP contribution in [0.2, 0.25) is 0 Å². The van der Waals surface area contributed by atoms with Gasteiger partial charge in [0.15, 0.2) is 0 Å². The van der Waals surface area contributed by atoms with Gasteiger partial charge in [-0.15, -0.1) is 35.3 Å². The standard InChI is InChI=1S/C4H5BrN2S.HI/c5-3-2-7-4(1-6)8-3;/h2H,1,6H2;1H. The highest BCUT2D eigenvalue weighted by Crippen LogP contribution is 2.17. The van der Waals surface area contributed by atoms with Crippen molar-refractivity contribution in [2.75, 3.05) is 0 Å². The summed E-state index contributed by atoms with van der Waals surface area (Å²) in [5.41, 5.74) is 5.29. The van der Waals surface area contributed by atoms with Crippen molar-refractivity contribution < 1.29 is 0 Å². The van der Waals surface area contributed by atoms with Crippen LogP contribution in [0.4, 0.5) is 0 Å². The first-order chi connectivity index (χ1) is 3.83. The minimum absolute atomic E-state index is 0. The van der Waals surface area contributed by atoms with Crippen molar-refractivity contribution >= 4 is 51.2 Å². The quantitative estimate of drug-likeness (QED) is 0.804. The van der Waals surface area contributed by atoms with Crippen molar-refractivity contribution in [1.29, 1.82) is 0 Å². The van der Waals surface area contributed by atoms with Crippen LogP contribution in [0.5, 0.6) is 0 Å². The first kappa shape index (κ1) is 9.80. The third-order valence-corrected chi connectivity index (χ3v) is 2.20. The molecule has 0 fully saturated rings. The summed E-state index contributed by atoms with van der Waals surface area (Å²) < 4.78 is 1.04. The molecule has 0 aromatic carbocycles. The van der Waals surface area contributed by atoms with E-state index in [1.807, 2.05) is 0 Å². The van der Waals surface area contributed by atoms with E-state index in [2.05, 4.69) is 20.9 Å². The lowest BCUT2D eigenvalue weighted by Gasteiger charge is -1.78. The zero-order chi connectivity index (χ0) is 5.98. The Hall–Kier alpha value is 0.800. The Kier molecular flexibility index (Phi) is 5.00. The summed E-state index contributed by atoms with van der Waals surface area (Å²) in [5, 5.41) is 0.969. The van der Waals surface area contributed by atoms with Gasteiger partial charge in [-0.25, -0.2) is 4.98 Å². The van der Waals surface area contributed by atoms with Gasteiger partial charge in [0, 0.05) is 6.54 Å². The molecule has 1 aromatic rings. The molecular weight excluding hydrogens is 315 g/mol. The fourth-order valence-corrected chi connectivity index (χ4v) is 1.56. The van der Waals surface area contributed by atoms with Gasteiger partial charge in [-0.1, -0.05) is 0 Å². The predicted octanol–water partition coefficient (Wildman–Crippen LogP) is 1.98. The predicted molar refractivity (Wildman–Crippen MR) is 53.1 cm³/mol. The average molecular weight is 321 g/mol. The minimum Gasteiger partial charge on any atom is -0.325 e. The van der Waals surface area contributed by atoms with Crippen LogP contribution in [0.3, 0.4) is 0 Å². The molecule has 1 rings (SSSR count). The zero-order valence-electron chi connectivity index (χ0n) is 4.50. The number of nitrogens with two attached hydrogens (primary N) is 1. The highest BCUT2D eigenvalue weighted by molar-refractivity contribution is 14.0. The summed E-state index contributed by atoms with van der Waals surface area (Å²) in [6.45, 7) is 0.538. The fraction of sp³-hybridized carbons (Fsp3) is 0.250. The van der Waals surface area contributed by atoms with Gasteiger partial charge in [0.1, 0.15) is 5.01 Å². The Labute approximate surface area is 83.0 Å². The van der Waals surface area contributed by atoms with Crippen LogP contribution >= 0.6 is 51.2 Å². The molecule has 2 nitrogen and oxygen atoms in total. The van der Waals surface area contributed by atoms with Gasteiger partial charge in [0.25, 0.3) is 0 Å². The third-order valence-electron chi connectivity index (χ3n) is 0.700. The van der Waals surface area contributed by atoms with Crippen LogP contribution in [0.1, 0.15) is 5.01 Å². The number of halogens is 2. The topological polar surface area (TPSA) is 38.9 Å². The van der Waals surface area contributed by atoms with Crippen molar-refractivity contribution in [2.24, 2.45) is 5.73 Å². The second-order valence-corrected chi connectivity index (χ2v) is 3.76. The lowest BCUT2D eigenvalue weighted by Crippen LogP contribution is -1.93. The number of nitrogens with zero attached hydrogens (tertiary/aromatic N) is 1. The van der Waals surface area contributed by atoms with Crippen molar-refractivity contribution in [2.45, 2.75) is 6.54 Å². The van der Waals surface area contributed by atoms with Crippen LogP contribution < -0.4 is 5.73 Å². The van der Waals surface area contributed by atoms with E-state index in [1.54, 1.807) is 17.5 Å². The van der Waals surface area contributed by atoms with Crippen molar-refractivity contribution in [3.8, 4) is 0 Å². The maximum absolute atomic E-state index is 5.29. The number of aromatic nitrogens is 1. The normalized spacial score (nSPS) is 8.67. The van der Waals surface area contributed by atoms with Crippen LogP contribution in [-0.4, -0.2) is 4.98 Å². The molecule has 1 aromatic heterocycles. The maximum atomic E-state index is 5.29. The molecule has 0 amide bonds. The molecule has 0 bridgehead atoms. The van der Waals surface area contributed by atoms with Gasteiger partial charge in [-0.05, 0) is 15.9 Å². The van der Waals surface area contributed by atoms with E-state index in [0.29, 0.717) is 6.54 Å². The third kappa shape index (κ3) is 2.92. The molecular formula is C4H6BrIN2S. The van der Waals surface area contributed by atoms with E-state index in [4.69, 9.17) is 5.73 Å². The lowest BCUT2D eigenvalue weighted by atomic mass is 10.7. The molecule has 2 N–H and O–H groups in total. The molecule has 9 heavy (non-hydrogen) atoms. The van der Waals surface area contributed by atoms with Crippen LogP contribution in [0.25, 0.3) is 0 Å². The largest absolute Gasteiger partial charge is 0.325 e. The van der Waals surface area contributed by atoms with E-state index in [0.717, 1.165) is 8.79 Å². The molecule has 0 spiro atoms. The Balaban J connectivity index is 0.000000640. The van der Waals surface area contributed by atoms with Crippen molar-refractivity contribution in [3.63, 3.8) is 0 Å². The molecule has 0 saturated heterocycles. The minimum atomic E-state index is 0. The zero-order valence-corrected chi connectivity index (χ0v) is 9.24. The molecule has 5 heteroatoms. The smallest absolute Gasteiger partial charge is 0.107 e. The number of hydrogen-bond acceptors (Lipinski definition) is 3. The molecule has 0 atom stereocenters. The first-order valence-electron chi connectivity index (χ1n) is 2.13. The van der Waals surface area contributed by atoms with Gasteiger partial charge in [-0.2, -0.15) is 0 Å². The Morgan fingerprint density at radius 1 is 1.78 bits per heavy atom. The van der Waals surface area contributed by atoms with Crippen molar-refractivity contribution in [3.05, 3.63) is 15.0 Å². The summed E-state index contributed by atoms with van der Waals surface area (Å²) in [6, 6.07) is 0. The van der Waals surface area contributed by atoms with Gasteiger partial charge < -0.3 is 5.73 Å². The molecule has 0 saturated carbocycles. The van der Waals surface area contributed by atoms with Gasteiger partial charge in [-0.3, -0.25) is 0 Å². The van der Waals surface area contributed by atoms with Crippen molar-refractivity contribution in [1.82, 2.24) is 4.98 Å². The molecule has 52 valence electrons. The monoisotopic (exact) mass is 320 g/mol.